The monoisotopic (exact) mass is 380 g/mol. The smallest absolute Gasteiger partial charge is 0.267 e. The molecule has 1 amide bonds. The number of pyridine rings is 1. The fraction of sp³-hybridized carbons (Fsp3) is 0.200. The van der Waals surface area contributed by atoms with Crippen molar-refractivity contribution >= 4 is 5.91 Å². The lowest BCUT2D eigenvalue weighted by Gasteiger charge is -2.12. The average Bonchev–Trinajstić information content (AvgIpc) is 2.74. The zero-order valence-electron chi connectivity index (χ0n) is 15.6. The number of ether oxygens (including phenoxy) is 2. The summed E-state index contributed by atoms with van der Waals surface area (Å²) >= 11 is 0. The molecule has 144 valence electrons. The number of aromatic nitrogens is 3. The molecular formula is C20H20N4O4. The first kappa shape index (κ1) is 19.1. The summed E-state index contributed by atoms with van der Waals surface area (Å²) in [6.45, 7) is 0.129. The van der Waals surface area contributed by atoms with E-state index in [-0.39, 0.29) is 18.0 Å². The van der Waals surface area contributed by atoms with Crippen molar-refractivity contribution in [1.29, 1.82) is 0 Å². The van der Waals surface area contributed by atoms with Gasteiger partial charge in [-0.05, 0) is 35.9 Å². The van der Waals surface area contributed by atoms with Crippen LogP contribution in [-0.2, 0) is 17.9 Å². The third-order valence-electron chi connectivity index (χ3n) is 4.06. The third-order valence-corrected chi connectivity index (χ3v) is 4.06. The predicted octanol–water partition coefficient (Wildman–Crippen LogP) is 1.64. The van der Waals surface area contributed by atoms with E-state index < -0.39 is 0 Å². The van der Waals surface area contributed by atoms with Crippen molar-refractivity contribution in [1.82, 2.24) is 20.1 Å². The van der Waals surface area contributed by atoms with E-state index in [0.717, 1.165) is 10.2 Å². The minimum atomic E-state index is -0.373. The summed E-state index contributed by atoms with van der Waals surface area (Å²) in [5, 5.41) is 7.07. The second kappa shape index (κ2) is 8.81. The number of nitrogens with zero attached hydrogens (tertiary/aromatic N) is 3. The Labute approximate surface area is 161 Å². The Morgan fingerprint density at radius 1 is 1.14 bits per heavy atom. The minimum absolute atomic E-state index is 0.195. The normalized spacial score (nSPS) is 10.4. The van der Waals surface area contributed by atoms with Gasteiger partial charge in [-0.2, -0.15) is 5.10 Å². The zero-order valence-corrected chi connectivity index (χ0v) is 15.6. The number of benzene rings is 1. The number of nitrogens with one attached hydrogen (secondary N) is 1. The van der Waals surface area contributed by atoms with Gasteiger partial charge in [0.1, 0.15) is 18.0 Å². The summed E-state index contributed by atoms with van der Waals surface area (Å²) in [5.74, 6) is 0.886. The first-order chi connectivity index (χ1) is 13.6. The second-order valence-corrected chi connectivity index (χ2v) is 5.92. The number of hydrogen-bond acceptors (Lipinski definition) is 6. The highest BCUT2D eigenvalue weighted by Crippen LogP contribution is 2.31. The van der Waals surface area contributed by atoms with Crippen molar-refractivity contribution in [3.63, 3.8) is 0 Å². The third kappa shape index (κ3) is 4.53. The van der Waals surface area contributed by atoms with Crippen LogP contribution >= 0.6 is 0 Å². The molecule has 0 fully saturated rings. The zero-order chi connectivity index (χ0) is 19.9. The van der Waals surface area contributed by atoms with Crippen molar-refractivity contribution < 1.29 is 14.3 Å². The summed E-state index contributed by atoms with van der Waals surface area (Å²) in [6.07, 6.45) is 3.33. The van der Waals surface area contributed by atoms with Crippen LogP contribution in [-0.4, -0.2) is 34.9 Å². The van der Waals surface area contributed by atoms with Gasteiger partial charge in [0, 0.05) is 30.6 Å². The molecule has 0 aliphatic heterocycles. The van der Waals surface area contributed by atoms with E-state index >= 15 is 0 Å². The summed E-state index contributed by atoms with van der Waals surface area (Å²) in [4.78, 5) is 28.4. The van der Waals surface area contributed by atoms with E-state index in [2.05, 4.69) is 15.4 Å². The highest BCUT2D eigenvalue weighted by atomic mass is 16.5. The lowest BCUT2D eigenvalue weighted by Crippen LogP contribution is -2.33. The number of carbonyl (C=O) groups excluding carboxylic acids is 1. The topological polar surface area (TPSA) is 95.3 Å². The highest BCUT2D eigenvalue weighted by Gasteiger charge is 2.12. The van der Waals surface area contributed by atoms with Gasteiger partial charge in [-0.1, -0.05) is 6.07 Å². The Morgan fingerprint density at radius 2 is 2.00 bits per heavy atom. The molecule has 8 nitrogen and oxygen atoms in total. The standard InChI is InChI=1S/C20H20N4O4/c1-27-15-5-7-18(28-2)16(10-15)17-6-8-20(26)24(23-17)13-19(25)22-12-14-4-3-9-21-11-14/h3-11H,12-13H2,1-2H3,(H,22,25). The molecule has 3 aromatic rings. The first-order valence-corrected chi connectivity index (χ1v) is 8.57. The van der Waals surface area contributed by atoms with Crippen LogP contribution in [0.2, 0.25) is 0 Å². The fourth-order valence-electron chi connectivity index (χ4n) is 2.62. The Morgan fingerprint density at radius 3 is 2.71 bits per heavy atom. The van der Waals surface area contributed by atoms with E-state index in [4.69, 9.17) is 9.47 Å². The van der Waals surface area contributed by atoms with Crippen molar-refractivity contribution in [2.75, 3.05) is 14.2 Å². The molecular weight excluding hydrogens is 360 g/mol. The van der Waals surface area contributed by atoms with Crippen LogP contribution in [0.25, 0.3) is 11.3 Å². The molecule has 0 unspecified atom stereocenters. The van der Waals surface area contributed by atoms with E-state index in [0.29, 0.717) is 29.3 Å². The Bertz CT molecular complexity index is 1020. The minimum Gasteiger partial charge on any atom is -0.497 e. The van der Waals surface area contributed by atoms with Gasteiger partial charge in [0.2, 0.25) is 5.91 Å². The van der Waals surface area contributed by atoms with Crippen LogP contribution < -0.4 is 20.3 Å². The Hall–Kier alpha value is -3.68. The lowest BCUT2D eigenvalue weighted by atomic mass is 10.1. The maximum atomic E-state index is 12.2. The number of amides is 1. The largest absolute Gasteiger partial charge is 0.497 e. The molecule has 0 aliphatic carbocycles. The molecule has 0 saturated heterocycles. The van der Waals surface area contributed by atoms with Crippen LogP contribution in [0.3, 0.4) is 0 Å². The molecule has 3 rings (SSSR count). The van der Waals surface area contributed by atoms with Gasteiger partial charge in [0.15, 0.2) is 0 Å². The quantitative estimate of drug-likeness (QED) is 0.670. The van der Waals surface area contributed by atoms with Gasteiger partial charge < -0.3 is 14.8 Å². The number of carbonyl (C=O) groups is 1. The van der Waals surface area contributed by atoms with E-state index in [9.17, 15) is 9.59 Å². The molecule has 0 saturated carbocycles. The van der Waals surface area contributed by atoms with Gasteiger partial charge in [0.25, 0.3) is 5.56 Å². The molecule has 0 spiro atoms. The molecule has 0 radical (unpaired) electrons. The molecule has 0 aliphatic rings. The summed E-state index contributed by atoms with van der Waals surface area (Å²) in [5.41, 5.74) is 1.65. The molecule has 28 heavy (non-hydrogen) atoms. The molecule has 1 N–H and O–H groups in total. The maximum Gasteiger partial charge on any atom is 0.267 e. The maximum absolute atomic E-state index is 12.2. The van der Waals surface area contributed by atoms with Crippen molar-refractivity contribution in [3.8, 4) is 22.8 Å². The SMILES string of the molecule is COc1ccc(OC)c(-c2ccc(=O)n(CC(=O)NCc3cccnc3)n2)c1. The number of hydrogen-bond donors (Lipinski definition) is 1. The van der Waals surface area contributed by atoms with Crippen LogP contribution in [0.5, 0.6) is 11.5 Å². The summed E-state index contributed by atoms with van der Waals surface area (Å²) in [7, 11) is 3.11. The van der Waals surface area contributed by atoms with Crippen molar-refractivity contribution in [2.24, 2.45) is 0 Å². The average molecular weight is 380 g/mol. The molecule has 1 aromatic carbocycles. The van der Waals surface area contributed by atoms with E-state index in [1.807, 2.05) is 6.07 Å². The first-order valence-electron chi connectivity index (χ1n) is 8.57. The van der Waals surface area contributed by atoms with E-state index in [1.54, 1.807) is 56.9 Å². The van der Waals surface area contributed by atoms with Crippen LogP contribution in [0.4, 0.5) is 0 Å². The highest BCUT2D eigenvalue weighted by molar-refractivity contribution is 5.75. The van der Waals surface area contributed by atoms with Crippen LogP contribution in [0.1, 0.15) is 5.56 Å². The number of rotatable bonds is 7. The van der Waals surface area contributed by atoms with Gasteiger partial charge in [-0.15, -0.1) is 0 Å². The van der Waals surface area contributed by atoms with Crippen LogP contribution in [0.15, 0.2) is 59.7 Å². The van der Waals surface area contributed by atoms with E-state index in [1.165, 1.54) is 6.07 Å². The molecule has 0 atom stereocenters. The molecule has 8 heteroatoms. The van der Waals surface area contributed by atoms with Crippen LogP contribution in [0, 0.1) is 0 Å². The second-order valence-electron chi connectivity index (χ2n) is 5.92. The van der Waals surface area contributed by atoms with Gasteiger partial charge >= 0.3 is 0 Å². The Balaban J connectivity index is 1.80. The molecule has 2 aromatic heterocycles. The van der Waals surface area contributed by atoms with Crippen molar-refractivity contribution in [3.05, 3.63) is 70.8 Å². The summed E-state index contributed by atoms with van der Waals surface area (Å²) in [6, 6.07) is 11.9. The Kier molecular flexibility index (Phi) is 6.01. The number of methoxy groups -OCH3 is 2. The van der Waals surface area contributed by atoms with Gasteiger partial charge in [0.05, 0.1) is 19.9 Å². The van der Waals surface area contributed by atoms with Crippen molar-refractivity contribution in [2.45, 2.75) is 13.1 Å². The fourth-order valence-corrected chi connectivity index (χ4v) is 2.62. The van der Waals surface area contributed by atoms with Gasteiger partial charge in [-0.25, -0.2) is 4.68 Å². The predicted molar refractivity (Wildman–Crippen MR) is 103 cm³/mol. The lowest BCUT2D eigenvalue weighted by molar-refractivity contribution is -0.122. The summed E-state index contributed by atoms with van der Waals surface area (Å²) < 4.78 is 11.7. The molecule has 0 bridgehead atoms. The van der Waals surface area contributed by atoms with Gasteiger partial charge in [-0.3, -0.25) is 14.6 Å². The molecule has 2 heterocycles.